The fourth-order valence-electron chi connectivity index (χ4n) is 4.14. The van der Waals surface area contributed by atoms with Crippen LogP contribution in [0.1, 0.15) is 151 Å². The van der Waals surface area contributed by atoms with Crippen LogP contribution in [0.25, 0.3) is 0 Å². The van der Waals surface area contributed by atoms with Crippen LogP contribution in [0.15, 0.2) is 24.3 Å². The van der Waals surface area contributed by atoms with Crippen LogP contribution < -0.4 is 0 Å². The molecule has 0 aliphatic rings. The number of unbranched alkanes of at least 4 members (excludes halogenated alkanes) is 13. The van der Waals surface area contributed by atoms with Gasteiger partial charge in [-0.3, -0.25) is 0 Å². The summed E-state index contributed by atoms with van der Waals surface area (Å²) in [5.41, 5.74) is 0.816. The molecule has 0 heterocycles. The number of benzene rings is 1. The lowest BCUT2D eigenvalue weighted by Gasteiger charge is -2.16. The molecule has 0 aliphatic heterocycles. The fraction of sp³-hybridized carbons (Fsp3) is 0.733. The lowest BCUT2D eigenvalue weighted by Crippen LogP contribution is -2.18. The predicted octanol–water partition coefficient (Wildman–Crippen LogP) is 9.06. The average molecular weight is 475 g/mol. The lowest BCUT2D eigenvalue weighted by molar-refractivity contribution is 0.0268. The van der Waals surface area contributed by atoms with Crippen molar-refractivity contribution in [3.63, 3.8) is 0 Å². The zero-order valence-corrected chi connectivity index (χ0v) is 22.2. The van der Waals surface area contributed by atoms with E-state index in [0.29, 0.717) is 17.7 Å². The molecule has 0 bridgehead atoms. The Morgan fingerprint density at radius 1 is 0.676 bits per heavy atom. The van der Waals surface area contributed by atoms with Gasteiger partial charge in [0.15, 0.2) is 0 Å². The SMILES string of the molecule is CCCCCCCCCCCCCCCOC(=O)c1cccc(C(=O)OC(CC)CCCC)c1. The topological polar surface area (TPSA) is 52.6 Å². The first-order chi connectivity index (χ1) is 16.6. The van der Waals surface area contributed by atoms with Crippen molar-refractivity contribution in [2.45, 2.75) is 136 Å². The van der Waals surface area contributed by atoms with Gasteiger partial charge < -0.3 is 9.47 Å². The van der Waals surface area contributed by atoms with Gasteiger partial charge in [-0.2, -0.15) is 0 Å². The third-order valence-electron chi connectivity index (χ3n) is 6.42. The van der Waals surface area contributed by atoms with Crippen LogP contribution in [0.2, 0.25) is 0 Å². The molecule has 0 radical (unpaired) electrons. The third kappa shape index (κ3) is 14.4. The van der Waals surface area contributed by atoms with Crippen molar-refractivity contribution in [2.75, 3.05) is 6.61 Å². The van der Waals surface area contributed by atoms with Crippen molar-refractivity contribution in [3.8, 4) is 0 Å². The van der Waals surface area contributed by atoms with Crippen LogP contribution in [-0.2, 0) is 9.47 Å². The molecule has 0 aromatic heterocycles. The highest BCUT2D eigenvalue weighted by Crippen LogP contribution is 2.15. The number of carbonyl (C=O) groups excluding carboxylic acids is 2. The van der Waals surface area contributed by atoms with Gasteiger partial charge in [0.05, 0.1) is 17.7 Å². The molecule has 0 fully saturated rings. The first-order valence-corrected chi connectivity index (χ1v) is 14.1. The van der Waals surface area contributed by atoms with E-state index < -0.39 is 0 Å². The monoisotopic (exact) mass is 474 g/mol. The summed E-state index contributed by atoms with van der Waals surface area (Å²) >= 11 is 0. The van der Waals surface area contributed by atoms with E-state index in [1.807, 2.05) is 6.92 Å². The first kappa shape index (κ1) is 30.2. The number of carbonyl (C=O) groups is 2. The summed E-state index contributed by atoms with van der Waals surface area (Å²) in [5, 5.41) is 0. The standard InChI is InChI=1S/C30H50O4/c1-4-7-9-10-11-12-13-14-15-16-17-18-19-24-33-29(31)26-21-20-22-27(25-26)30(32)34-28(6-3)23-8-5-2/h20-22,25,28H,4-19,23-24H2,1-3H3. The predicted molar refractivity (Wildman–Crippen MR) is 141 cm³/mol. The minimum atomic E-state index is -0.369. The highest BCUT2D eigenvalue weighted by Gasteiger charge is 2.16. The van der Waals surface area contributed by atoms with E-state index in [1.54, 1.807) is 24.3 Å². The Hall–Kier alpha value is -1.84. The molecule has 1 rings (SSSR count). The molecule has 0 aliphatic carbocycles. The van der Waals surface area contributed by atoms with Crippen molar-refractivity contribution in [3.05, 3.63) is 35.4 Å². The summed E-state index contributed by atoms with van der Waals surface area (Å²) in [4.78, 5) is 24.9. The number of esters is 2. The summed E-state index contributed by atoms with van der Waals surface area (Å²) in [5.74, 6) is -0.735. The van der Waals surface area contributed by atoms with Crippen molar-refractivity contribution in [2.24, 2.45) is 0 Å². The molecule has 4 nitrogen and oxygen atoms in total. The maximum absolute atomic E-state index is 12.5. The van der Waals surface area contributed by atoms with Gasteiger partial charge in [0, 0.05) is 0 Å². The Morgan fingerprint density at radius 3 is 1.71 bits per heavy atom. The Labute approximate surface area is 209 Å². The van der Waals surface area contributed by atoms with Gasteiger partial charge in [0.2, 0.25) is 0 Å². The second kappa shape index (κ2) is 20.5. The van der Waals surface area contributed by atoms with Crippen molar-refractivity contribution >= 4 is 11.9 Å². The van der Waals surface area contributed by atoms with Crippen LogP contribution >= 0.6 is 0 Å². The van der Waals surface area contributed by atoms with E-state index in [9.17, 15) is 9.59 Å². The van der Waals surface area contributed by atoms with Gasteiger partial charge >= 0.3 is 11.9 Å². The van der Waals surface area contributed by atoms with Gasteiger partial charge in [-0.15, -0.1) is 0 Å². The molecule has 1 unspecified atom stereocenters. The summed E-state index contributed by atoms with van der Waals surface area (Å²) in [6, 6.07) is 6.68. The van der Waals surface area contributed by atoms with E-state index in [1.165, 1.54) is 70.6 Å². The van der Waals surface area contributed by atoms with Crippen LogP contribution in [0, 0.1) is 0 Å². The zero-order chi connectivity index (χ0) is 24.9. The molecule has 0 amide bonds. The maximum Gasteiger partial charge on any atom is 0.338 e. The fourth-order valence-corrected chi connectivity index (χ4v) is 4.14. The van der Waals surface area contributed by atoms with Gasteiger partial charge in [-0.1, -0.05) is 117 Å². The summed E-state index contributed by atoms with van der Waals surface area (Å²) in [7, 11) is 0. The average Bonchev–Trinajstić information content (AvgIpc) is 2.86. The number of ether oxygens (including phenoxy) is 2. The number of hydrogen-bond acceptors (Lipinski definition) is 4. The molecule has 4 heteroatoms. The lowest BCUT2D eigenvalue weighted by atomic mass is 10.0. The molecular formula is C30H50O4. The molecule has 0 N–H and O–H groups in total. The second-order valence-corrected chi connectivity index (χ2v) is 9.54. The number of hydrogen-bond donors (Lipinski definition) is 0. The van der Waals surface area contributed by atoms with E-state index in [4.69, 9.17) is 9.47 Å². The largest absolute Gasteiger partial charge is 0.462 e. The van der Waals surface area contributed by atoms with Gasteiger partial charge in [-0.25, -0.2) is 9.59 Å². The normalized spacial score (nSPS) is 11.9. The van der Waals surface area contributed by atoms with Gasteiger partial charge in [0.25, 0.3) is 0 Å². The molecule has 0 spiro atoms. The Kier molecular flexibility index (Phi) is 18.2. The van der Waals surface area contributed by atoms with Gasteiger partial charge in [0.1, 0.15) is 6.10 Å². The zero-order valence-electron chi connectivity index (χ0n) is 22.2. The smallest absolute Gasteiger partial charge is 0.338 e. The molecule has 0 saturated heterocycles. The minimum absolute atomic E-state index is 0.0707. The summed E-state index contributed by atoms with van der Waals surface area (Å²) in [6.07, 6.45) is 20.5. The highest BCUT2D eigenvalue weighted by molar-refractivity contribution is 5.95. The van der Waals surface area contributed by atoms with E-state index in [-0.39, 0.29) is 18.0 Å². The number of rotatable bonds is 21. The van der Waals surface area contributed by atoms with Crippen molar-refractivity contribution in [1.82, 2.24) is 0 Å². The van der Waals surface area contributed by atoms with Crippen LogP contribution in [-0.4, -0.2) is 24.6 Å². The van der Waals surface area contributed by atoms with Crippen LogP contribution in [0.4, 0.5) is 0 Å². The Bertz CT molecular complexity index is 655. The van der Waals surface area contributed by atoms with Crippen LogP contribution in [0.5, 0.6) is 0 Å². The quantitative estimate of drug-likeness (QED) is 0.132. The minimum Gasteiger partial charge on any atom is -0.462 e. The summed E-state index contributed by atoms with van der Waals surface area (Å²) < 4.78 is 11.0. The second-order valence-electron chi connectivity index (χ2n) is 9.54. The third-order valence-corrected chi connectivity index (χ3v) is 6.42. The summed E-state index contributed by atoms with van der Waals surface area (Å²) in [6.45, 7) is 6.85. The molecule has 1 aromatic rings. The first-order valence-electron chi connectivity index (χ1n) is 14.1. The molecule has 1 atom stereocenters. The van der Waals surface area contributed by atoms with Gasteiger partial charge in [-0.05, 0) is 37.5 Å². The van der Waals surface area contributed by atoms with Crippen LogP contribution in [0.3, 0.4) is 0 Å². The molecule has 194 valence electrons. The van der Waals surface area contributed by atoms with Crippen molar-refractivity contribution < 1.29 is 19.1 Å². The molecule has 0 saturated carbocycles. The molecular weight excluding hydrogens is 424 g/mol. The van der Waals surface area contributed by atoms with Crippen molar-refractivity contribution in [1.29, 1.82) is 0 Å². The Morgan fingerprint density at radius 2 is 1.18 bits per heavy atom. The van der Waals surface area contributed by atoms with E-state index in [0.717, 1.165) is 38.5 Å². The van der Waals surface area contributed by atoms with E-state index >= 15 is 0 Å². The van der Waals surface area contributed by atoms with E-state index in [2.05, 4.69) is 13.8 Å². The molecule has 1 aromatic carbocycles. The highest BCUT2D eigenvalue weighted by atomic mass is 16.5. The molecule has 34 heavy (non-hydrogen) atoms. The maximum atomic E-state index is 12.5. The Balaban J connectivity index is 2.16.